The molecule has 1 saturated carbocycles. The molecule has 2 aliphatic rings. The zero-order valence-corrected chi connectivity index (χ0v) is 12.6. The van der Waals surface area contributed by atoms with Crippen LogP contribution in [0.3, 0.4) is 0 Å². The first-order valence-corrected chi connectivity index (χ1v) is 7.90. The molecule has 1 N–H and O–H groups in total. The fourth-order valence-corrected chi connectivity index (χ4v) is 3.22. The van der Waals surface area contributed by atoms with Gasteiger partial charge in [0, 0.05) is 19.6 Å². The van der Waals surface area contributed by atoms with E-state index in [9.17, 15) is 9.59 Å². The van der Waals surface area contributed by atoms with Gasteiger partial charge in [0.2, 0.25) is 5.91 Å². The van der Waals surface area contributed by atoms with Crippen LogP contribution in [-0.4, -0.2) is 52.5 Å². The molecule has 0 bridgehead atoms. The van der Waals surface area contributed by atoms with Gasteiger partial charge in [-0.3, -0.25) is 14.5 Å². The highest BCUT2D eigenvalue weighted by Gasteiger charge is 2.37. The van der Waals surface area contributed by atoms with Gasteiger partial charge in [0.1, 0.15) is 11.8 Å². The van der Waals surface area contributed by atoms with Crippen molar-refractivity contribution in [3.8, 4) is 0 Å². The van der Waals surface area contributed by atoms with Crippen molar-refractivity contribution < 1.29 is 19.1 Å². The van der Waals surface area contributed by atoms with Crippen LogP contribution in [0.5, 0.6) is 0 Å². The number of nitrogens with zero attached hydrogens (tertiary/aromatic N) is 2. The van der Waals surface area contributed by atoms with Gasteiger partial charge in [-0.05, 0) is 30.9 Å². The predicted molar refractivity (Wildman–Crippen MR) is 79.1 cm³/mol. The van der Waals surface area contributed by atoms with Gasteiger partial charge < -0.3 is 14.4 Å². The summed E-state index contributed by atoms with van der Waals surface area (Å²) in [6.45, 7) is 2.63. The third-order valence-corrected chi connectivity index (χ3v) is 4.70. The Hall–Kier alpha value is -1.82. The van der Waals surface area contributed by atoms with Gasteiger partial charge in [-0.25, -0.2) is 0 Å². The maximum absolute atomic E-state index is 12.7. The Balaban J connectivity index is 1.68. The monoisotopic (exact) mass is 306 g/mol. The van der Waals surface area contributed by atoms with Crippen LogP contribution in [0.2, 0.25) is 0 Å². The van der Waals surface area contributed by atoms with Crippen LogP contribution in [-0.2, 0) is 16.1 Å². The molecule has 120 valence electrons. The summed E-state index contributed by atoms with van der Waals surface area (Å²) >= 11 is 0. The first-order chi connectivity index (χ1) is 10.6. The maximum Gasteiger partial charge on any atom is 0.305 e. The standard InChI is InChI=1S/C16H22N2O4/c19-15(20)9-14-16(21)18(10-12-3-1-4-12)7-6-17(14)11-13-5-2-8-22-13/h2,5,8,12,14H,1,3-4,6-7,9-11H2,(H,19,20). The summed E-state index contributed by atoms with van der Waals surface area (Å²) in [6.07, 6.45) is 5.06. The minimum atomic E-state index is -0.937. The van der Waals surface area contributed by atoms with Crippen LogP contribution in [0.1, 0.15) is 31.4 Å². The zero-order chi connectivity index (χ0) is 15.5. The molecule has 22 heavy (non-hydrogen) atoms. The summed E-state index contributed by atoms with van der Waals surface area (Å²) in [4.78, 5) is 27.6. The van der Waals surface area contributed by atoms with E-state index in [0.717, 1.165) is 12.3 Å². The van der Waals surface area contributed by atoms with Gasteiger partial charge in [-0.2, -0.15) is 0 Å². The first-order valence-electron chi connectivity index (χ1n) is 7.90. The molecular formula is C16H22N2O4. The van der Waals surface area contributed by atoms with Crippen LogP contribution in [0.15, 0.2) is 22.8 Å². The molecule has 1 aliphatic carbocycles. The van der Waals surface area contributed by atoms with Crippen molar-refractivity contribution in [1.82, 2.24) is 9.80 Å². The molecule has 0 radical (unpaired) electrons. The smallest absolute Gasteiger partial charge is 0.305 e. The summed E-state index contributed by atoms with van der Waals surface area (Å²) < 4.78 is 5.33. The average molecular weight is 306 g/mol. The number of hydrogen-bond acceptors (Lipinski definition) is 4. The van der Waals surface area contributed by atoms with E-state index in [0.29, 0.717) is 25.6 Å². The lowest BCUT2D eigenvalue weighted by Gasteiger charge is -2.42. The van der Waals surface area contributed by atoms with Gasteiger partial charge in [-0.1, -0.05) is 6.42 Å². The summed E-state index contributed by atoms with van der Waals surface area (Å²) in [7, 11) is 0. The van der Waals surface area contributed by atoms with E-state index in [1.54, 1.807) is 12.3 Å². The van der Waals surface area contributed by atoms with Crippen LogP contribution in [0.25, 0.3) is 0 Å². The molecule has 1 aliphatic heterocycles. The van der Waals surface area contributed by atoms with Crippen LogP contribution < -0.4 is 0 Å². The van der Waals surface area contributed by atoms with E-state index in [2.05, 4.69) is 0 Å². The average Bonchev–Trinajstić information content (AvgIpc) is 2.92. The van der Waals surface area contributed by atoms with Crippen molar-refractivity contribution in [3.63, 3.8) is 0 Å². The normalized spacial score (nSPS) is 23.5. The van der Waals surface area contributed by atoms with Crippen molar-refractivity contribution in [2.24, 2.45) is 5.92 Å². The van der Waals surface area contributed by atoms with Crippen molar-refractivity contribution in [1.29, 1.82) is 0 Å². The number of carboxylic acids is 1. The molecule has 6 nitrogen and oxygen atoms in total. The predicted octanol–water partition coefficient (Wildman–Crippen LogP) is 1.57. The summed E-state index contributed by atoms with van der Waals surface area (Å²) in [5.74, 6) is 0.377. The highest BCUT2D eigenvalue weighted by Crippen LogP contribution is 2.28. The lowest BCUT2D eigenvalue weighted by molar-refractivity contribution is -0.150. The quantitative estimate of drug-likeness (QED) is 0.863. The third kappa shape index (κ3) is 3.32. The van der Waals surface area contributed by atoms with Gasteiger partial charge >= 0.3 is 5.97 Å². The third-order valence-electron chi connectivity index (χ3n) is 4.70. The number of hydrogen-bond donors (Lipinski definition) is 1. The molecule has 1 aromatic rings. The molecule has 1 saturated heterocycles. The molecule has 1 unspecified atom stereocenters. The van der Waals surface area contributed by atoms with Gasteiger partial charge in [0.25, 0.3) is 0 Å². The van der Waals surface area contributed by atoms with Gasteiger partial charge in [-0.15, -0.1) is 0 Å². The first kappa shape index (κ1) is 15.1. The zero-order valence-electron chi connectivity index (χ0n) is 12.6. The number of piperazine rings is 1. The molecule has 2 fully saturated rings. The van der Waals surface area contributed by atoms with Crippen molar-refractivity contribution >= 4 is 11.9 Å². The molecule has 1 atom stereocenters. The highest BCUT2D eigenvalue weighted by molar-refractivity contribution is 5.86. The molecular weight excluding hydrogens is 284 g/mol. The number of carboxylic acid groups (broad SMARTS) is 1. The largest absolute Gasteiger partial charge is 0.481 e. The lowest BCUT2D eigenvalue weighted by atomic mass is 9.85. The van der Waals surface area contributed by atoms with Crippen LogP contribution >= 0.6 is 0 Å². The Kier molecular flexibility index (Phi) is 4.47. The summed E-state index contributed by atoms with van der Waals surface area (Å²) in [5.41, 5.74) is 0. The van der Waals surface area contributed by atoms with Gasteiger partial charge in [0.15, 0.2) is 0 Å². The van der Waals surface area contributed by atoms with E-state index in [1.165, 1.54) is 19.3 Å². The lowest BCUT2D eigenvalue weighted by Crippen LogP contribution is -2.58. The molecule has 6 heteroatoms. The Morgan fingerprint density at radius 3 is 2.77 bits per heavy atom. The van der Waals surface area contributed by atoms with Gasteiger partial charge in [0.05, 0.1) is 19.2 Å². The molecule has 0 aromatic carbocycles. The minimum absolute atomic E-state index is 0.0490. The van der Waals surface area contributed by atoms with Crippen molar-refractivity contribution in [3.05, 3.63) is 24.2 Å². The fourth-order valence-electron chi connectivity index (χ4n) is 3.22. The SMILES string of the molecule is O=C(O)CC1C(=O)N(CC2CCC2)CCN1Cc1ccco1. The van der Waals surface area contributed by atoms with E-state index in [4.69, 9.17) is 9.52 Å². The number of rotatable bonds is 6. The minimum Gasteiger partial charge on any atom is -0.481 e. The fraction of sp³-hybridized carbons (Fsp3) is 0.625. The number of amides is 1. The Bertz CT molecular complexity index is 524. The second kappa shape index (κ2) is 6.52. The maximum atomic E-state index is 12.7. The Labute approximate surface area is 129 Å². The van der Waals surface area contributed by atoms with E-state index < -0.39 is 12.0 Å². The highest BCUT2D eigenvalue weighted by atomic mass is 16.4. The van der Waals surface area contributed by atoms with Crippen molar-refractivity contribution in [2.75, 3.05) is 19.6 Å². The van der Waals surface area contributed by atoms with E-state index in [1.807, 2.05) is 15.9 Å². The molecule has 1 amide bonds. The summed E-state index contributed by atoms with van der Waals surface area (Å²) in [5, 5.41) is 9.13. The van der Waals surface area contributed by atoms with Crippen molar-refractivity contribution in [2.45, 2.75) is 38.3 Å². The molecule has 1 aromatic heterocycles. The second-order valence-electron chi connectivity index (χ2n) is 6.24. The molecule has 2 heterocycles. The topological polar surface area (TPSA) is 74.0 Å². The van der Waals surface area contributed by atoms with E-state index >= 15 is 0 Å². The number of carbonyl (C=O) groups excluding carboxylic acids is 1. The summed E-state index contributed by atoms with van der Waals surface area (Å²) in [6, 6.07) is 3.07. The Morgan fingerprint density at radius 2 is 2.18 bits per heavy atom. The van der Waals surface area contributed by atoms with Crippen LogP contribution in [0.4, 0.5) is 0 Å². The van der Waals surface area contributed by atoms with E-state index in [-0.39, 0.29) is 12.3 Å². The molecule has 3 rings (SSSR count). The molecule has 0 spiro atoms. The number of aliphatic carboxylic acids is 1. The number of furan rings is 1. The van der Waals surface area contributed by atoms with Crippen LogP contribution in [0, 0.1) is 5.92 Å². The number of carbonyl (C=O) groups is 2. The second-order valence-corrected chi connectivity index (χ2v) is 6.24. The Morgan fingerprint density at radius 1 is 1.36 bits per heavy atom.